The van der Waals surface area contributed by atoms with E-state index in [1.807, 2.05) is 13.1 Å². The lowest BCUT2D eigenvalue weighted by atomic mass is 9.94. The maximum absolute atomic E-state index is 12.3. The van der Waals surface area contributed by atoms with E-state index in [0.29, 0.717) is 24.1 Å². The smallest absolute Gasteiger partial charge is 0.252 e. The van der Waals surface area contributed by atoms with Crippen LogP contribution >= 0.6 is 0 Å². The minimum Gasteiger partial charge on any atom is -0.373 e. The van der Waals surface area contributed by atoms with Crippen molar-refractivity contribution in [3.63, 3.8) is 0 Å². The number of carbonyl (C=O) groups is 1. The van der Waals surface area contributed by atoms with Gasteiger partial charge in [-0.05, 0) is 49.9 Å². The summed E-state index contributed by atoms with van der Waals surface area (Å²) in [6.07, 6.45) is 4.13. The highest BCUT2D eigenvalue weighted by molar-refractivity contribution is 5.94. The SMILES string of the molecule is CNc1ccc(C(=O)NCC(C(C)C)N2CCC(C)CC2)cn1. The second kappa shape index (κ2) is 8.29. The van der Waals surface area contributed by atoms with E-state index in [0.717, 1.165) is 24.8 Å². The van der Waals surface area contributed by atoms with Crippen molar-refractivity contribution in [1.29, 1.82) is 0 Å². The Hall–Kier alpha value is -1.62. The summed E-state index contributed by atoms with van der Waals surface area (Å²) in [5, 5.41) is 6.04. The van der Waals surface area contributed by atoms with Crippen LogP contribution in [0.1, 0.15) is 44.0 Å². The van der Waals surface area contributed by atoms with Crippen LogP contribution in [-0.4, -0.2) is 48.5 Å². The zero-order valence-corrected chi connectivity index (χ0v) is 14.8. The van der Waals surface area contributed by atoms with E-state index in [2.05, 4.69) is 41.3 Å². The van der Waals surface area contributed by atoms with Crippen LogP contribution in [0, 0.1) is 11.8 Å². The van der Waals surface area contributed by atoms with Crippen LogP contribution < -0.4 is 10.6 Å². The highest BCUT2D eigenvalue weighted by Crippen LogP contribution is 2.21. The molecule has 23 heavy (non-hydrogen) atoms. The zero-order valence-electron chi connectivity index (χ0n) is 14.8. The molecule has 0 saturated carbocycles. The summed E-state index contributed by atoms with van der Waals surface area (Å²) in [6, 6.07) is 4.03. The van der Waals surface area contributed by atoms with Gasteiger partial charge in [0.1, 0.15) is 5.82 Å². The second-order valence-electron chi connectivity index (χ2n) is 6.92. The van der Waals surface area contributed by atoms with Crippen LogP contribution in [0.25, 0.3) is 0 Å². The number of pyridine rings is 1. The number of hydrogen-bond donors (Lipinski definition) is 2. The van der Waals surface area contributed by atoms with Gasteiger partial charge in [-0.3, -0.25) is 9.69 Å². The maximum Gasteiger partial charge on any atom is 0.252 e. The molecule has 128 valence electrons. The van der Waals surface area contributed by atoms with Crippen LogP contribution in [0.5, 0.6) is 0 Å². The Kier molecular flexibility index (Phi) is 6.39. The van der Waals surface area contributed by atoms with Crippen molar-refractivity contribution < 1.29 is 4.79 Å². The minimum absolute atomic E-state index is 0.0452. The molecule has 1 fully saturated rings. The summed E-state index contributed by atoms with van der Waals surface area (Å²) in [5.41, 5.74) is 0.610. The largest absolute Gasteiger partial charge is 0.373 e. The van der Waals surface area contributed by atoms with Crippen LogP contribution in [0.2, 0.25) is 0 Å². The van der Waals surface area contributed by atoms with Gasteiger partial charge in [0.05, 0.1) is 5.56 Å². The predicted octanol–water partition coefficient (Wildman–Crippen LogP) is 2.61. The fraction of sp³-hybridized carbons (Fsp3) is 0.667. The summed E-state index contributed by atoms with van der Waals surface area (Å²) >= 11 is 0. The zero-order chi connectivity index (χ0) is 16.8. The molecule has 1 saturated heterocycles. The molecule has 1 atom stereocenters. The molecule has 1 unspecified atom stereocenters. The van der Waals surface area contributed by atoms with Gasteiger partial charge >= 0.3 is 0 Å². The lowest BCUT2D eigenvalue weighted by Gasteiger charge is -2.38. The van der Waals surface area contributed by atoms with Gasteiger partial charge in [0.15, 0.2) is 0 Å². The molecule has 2 heterocycles. The summed E-state index contributed by atoms with van der Waals surface area (Å²) < 4.78 is 0. The summed E-state index contributed by atoms with van der Waals surface area (Å²) in [7, 11) is 1.81. The van der Waals surface area contributed by atoms with Gasteiger partial charge in [-0.15, -0.1) is 0 Å². The molecule has 1 amide bonds. The molecule has 5 heteroatoms. The number of nitrogens with one attached hydrogen (secondary N) is 2. The predicted molar refractivity (Wildman–Crippen MR) is 94.7 cm³/mol. The van der Waals surface area contributed by atoms with E-state index in [1.165, 1.54) is 12.8 Å². The van der Waals surface area contributed by atoms with Gasteiger partial charge in [0, 0.05) is 25.8 Å². The van der Waals surface area contributed by atoms with Gasteiger partial charge in [0.25, 0.3) is 5.91 Å². The number of anilines is 1. The van der Waals surface area contributed by atoms with Crippen molar-refractivity contribution in [1.82, 2.24) is 15.2 Å². The molecule has 0 aliphatic carbocycles. The molecule has 2 N–H and O–H groups in total. The van der Waals surface area contributed by atoms with E-state index in [1.54, 1.807) is 12.3 Å². The summed E-state index contributed by atoms with van der Waals surface area (Å²) in [4.78, 5) is 19.0. The fourth-order valence-electron chi connectivity index (χ4n) is 3.12. The molecule has 1 aromatic heterocycles. The second-order valence-corrected chi connectivity index (χ2v) is 6.92. The molecule has 1 aromatic rings. The molecule has 2 rings (SSSR count). The third-order valence-corrected chi connectivity index (χ3v) is 4.81. The van der Waals surface area contributed by atoms with E-state index in [4.69, 9.17) is 0 Å². The average molecular weight is 318 g/mol. The average Bonchev–Trinajstić information content (AvgIpc) is 2.56. The Balaban J connectivity index is 1.91. The molecule has 0 radical (unpaired) electrons. The quantitative estimate of drug-likeness (QED) is 0.846. The van der Waals surface area contributed by atoms with Crippen molar-refractivity contribution in [2.45, 2.75) is 39.7 Å². The van der Waals surface area contributed by atoms with E-state index >= 15 is 0 Å². The Labute approximate surface area is 139 Å². The molecule has 0 aromatic carbocycles. The van der Waals surface area contributed by atoms with Crippen molar-refractivity contribution >= 4 is 11.7 Å². The number of carbonyl (C=O) groups excluding carboxylic acids is 1. The molecular weight excluding hydrogens is 288 g/mol. The topological polar surface area (TPSA) is 57.3 Å². The monoisotopic (exact) mass is 318 g/mol. The maximum atomic E-state index is 12.3. The third-order valence-electron chi connectivity index (χ3n) is 4.81. The number of piperidine rings is 1. The van der Waals surface area contributed by atoms with Crippen molar-refractivity contribution in [2.24, 2.45) is 11.8 Å². The van der Waals surface area contributed by atoms with Gasteiger partial charge in [0.2, 0.25) is 0 Å². The van der Waals surface area contributed by atoms with Crippen molar-refractivity contribution in [3.05, 3.63) is 23.9 Å². The molecule has 1 aliphatic rings. The number of amides is 1. The molecule has 1 aliphatic heterocycles. The van der Waals surface area contributed by atoms with Crippen LogP contribution in [0.4, 0.5) is 5.82 Å². The van der Waals surface area contributed by atoms with E-state index in [-0.39, 0.29) is 5.91 Å². The number of likely N-dealkylation sites (tertiary alicyclic amines) is 1. The first-order chi connectivity index (χ1) is 11.0. The van der Waals surface area contributed by atoms with Crippen LogP contribution in [0.3, 0.4) is 0 Å². The molecular formula is C18H30N4O. The molecule has 5 nitrogen and oxygen atoms in total. The van der Waals surface area contributed by atoms with Crippen LogP contribution in [0.15, 0.2) is 18.3 Å². The van der Waals surface area contributed by atoms with Gasteiger partial charge in [-0.25, -0.2) is 4.98 Å². The first-order valence-corrected chi connectivity index (χ1v) is 8.67. The van der Waals surface area contributed by atoms with E-state index in [9.17, 15) is 4.79 Å². The third kappa shape index (κ3) is 4.93. The minimum atomic E-state index is -0.0452. The van der Waals surface area contributed by atoms with Crippen LogP contribution in [-0.2, 0) is 0 Å². The molecule has 0 bridgehead atoms. The van der Waals surface area contributed by atoms with E-state index < -0.39 is 0 Å². The van der Waals surface area contributed by atoms with Crippen molar-refractivity contribution in [2.75, 3.05) is 32.0 Å². The normalized spacial score (nSPS) is 18.0. The highest BCUT2D eigenvalue weighted by atomic mass is 16.1. The molecule has 0 spiro atoms. The summed E-state index contributed by atoms with van der Waals surface area (Å²) in [6.45, 7) is 9.76. The Morgan fingerprint density at radius 3 is 2.57 bits per heavy atom. The van der Waals surface area contributed by atoms with Gasteiger partial charge in [-0.1, -0.05) is 20.8 Å². The summed E-state index contributed by atoms with van der Waals surface area (Å²) in [5.74, 6) is 2.07. The number of nitrogens with zero attached hydrogens (tertiary/aromatic N) is 2. The lowest BCUT2D eigenvalue weighted by Crippen LogP contribution is -2.49. The first kappa shape index (κ1) is 17.7. The number of hydrogen-bond acceptors (Lipinski definition) is 4. The Morgan fingerprint density at radius 1 is 1.35 bits per heavy atom. The Morgan fingerprint density at radius 2 is 2.04 bits per heavy atom. The van der Waals surface area contributed by atoms with Crippen molar-refractivity contribution in [3.8, 4) is 0 Å². The fourth-order valence-corrected chi connectivity index (χ4v) is 3.12. The Bertz CT molecular complexity index is 492. The number of rotatable bonds is 6. The van der Waals surface area contributed by atoms with Gasteiger partial charge in [-0.2, -0.15) is 0 Å². The highest BCUT2D eigenvalue weighted by Gasteiger charge is 2.26. The number of aromatic nitrogens is 1. The standard InChI is InChI=1S/C18H30N4O/c1-13(2)16(22-9-7-14(3)8-10-22)12-21-18(23)15-5-6-17(19-4)20-11-15/h5-6,11,13-14,16H,7-10,12H2,1-4H3,(H,19,20)(H,21,23). The lowest BCUT2D eigenvalue weighted by molar-refractivity contribution is 0.0862. The first-order valence-electron chi connectivity index (χ1n) is 8.67. The van der Waals surface area contributed by atoms with Gasteiger partial charge < -0.3 is 10.6 Å².